The maximum atomic E-state index is 13.3. The molecule has 3 nitrogen and oxygen atoms in total. The van der Waals surface area contributed by atoms with Gasteiger partial charge in [-0.1, -0.05) is 12.1 Å². The minimum absolute atomic E-state index is 0.149. The van der Waals surface area contributed by atoms with Gasteiger partial charge in [0.2, 0.25) is 0 Å². The van der Waals surface area contributed by atoms with Crippen molar-refractivity contribution in [3.05, 3.63) is 65.2 Å². The maximum Gasteiger partial charge on any atom is 0.254 e. The number of nitrogens with zero attached hydrogens (tertiary/aromatic N) is 2. The Bertz CT molecular complexity index is 684. The Morgan fingerprint density at radius 3 is 2.17 bits per heavy atom. The van der Waals surface area contributed by atoms with E-state index in [1.165, 1.54) is 6.07 Å². The zero-order chi connectivity index (χ0) is 17.0. The summed E-state index contributed by atoms with van der Waals surface area (Å²) in [6.45, 7) is 2.75. The summed E-state index contributed by atoms with van der Waals surface area (Å²) in [6.07, 6.45) is 0. The molecule has 0 aliphatic heterocycles. The number of carbonyl (C=O) groups excluding carboxylic acids is 1. The van der Waals surface area contributed by atoms with Gasteiger partial charge >= 0.3 is 0 Å². The lowest BCUT2D eigenvalue weighted by molar-refractivity contribution is 0.0752. The lowest BCUT2D eigenvalue weighted by Crippen LogP contribution is -2.30. The summed E-state index contributed by atoms with van der Waals surface area (Å²) in [7, 11) is 3.92. The molecule has 0 atom stereocenters. The van der Waals surface area contributed by atoms with Crippen molar-refractivity contribution in [1.29, 1.82) is 0 Å². The fourth-order valence-corrected chi connectivity index (χ4v) is 2.26. The first-order chi connectivity index (χ1) is 10.9. The van der Waals surface area contributed by atoms with Gasteiger partial charge in [-0.2, -0.15) is 0 Å². The van der Waals surface area contributed by atoms with Gasteiger partial charge in [0.05, 0.1) is 0 Å². The summed E-state index contributed by atoms with van der Waals surface area (Å²) in [6, 6.07) is 11.1. The molecular formula is C18H20F2N2O. The summed E-state index contributed by atoms with van der Waals surface area (Å²) in [5, 5.41) is 0. The molecule has 2 aromatic rings. The van der Waals surface area contributed by atoms with Crippen LogP contribution in [-0.2, 0) is 6.54 Å². The normalized spacial score (nSPS) is 10.5. The molecule has 0 radical (unpaired) electrons. The number of anilines is 1. The van der Waals surface area contributed by atoms with E-state index in [2.05, 4.69) is 0 Å². The van der Waals surface area contributed by atoms with Gasteiger partial charge in [-0.25, -0.2) is 8.78 Å². The van der Waals surface area contributed by atoms with Crippen molar-refractivity contribution in [3.63, 3.8) is 0 Å². The lowest BCUT2D eigenvalue weighted by atomic mass is 10.1. The zero-order valence-corrected chi connectivity index (χ0v) is 13.5. The molecule has 0 spiro atoms. The lowest BCUT2D eigenvalue weighted by Gasteiger charge is -2.22. The van der Waals surface area contributed by atoms with E-state index in [0.29, 0.717) is 13.1 Å². The van der Waals surface area contributed by atoms with E-state index in [-0.39, 0.29) is 11.5 Å². The van der Waals surface area contributed by atoms with E-state index in [0.717, 1.165) is 23.4 Å². The second kappa shape index (κ2) is 7.22. The smallest absolute Gasteiger partial charge is 0.254 e. The molecule has 122 valence electrons. The van der Waals surface area contributed by atoms with Crippen molar-refractivity contribution >= 4 is 11.6 Å². The van der Waals surface area contributed by atoms with Crippen LogP contribution in [-0.4, -0.2) is 31.4 Å². The minimum atomic E-state index is -1.01. The van der Waals surface area contributed by atoms with Crippen LogP contribution in [0.2, 0.25) is 0 Å². The maximum absolute atomic E-state index is 13.3. The molecule has 0 aliphatic carbocycles. The number of amides is 1. The molecule has 2 rings (SSSR count). The molecule has 0 aromatic heterocycles. The number of hydrogen-bond acceptors (Lipinski definition) is 2. The second-order valence-electron chi connectivity index (χ2n) is 5.51. The highest BCUT2D eigenvalue weighted by atomic mass is 19.2. The molecular weight excluding hydrogens is 298 g/mol. The summed E-state index contributed by atoms with van der Waals surface area (Å²) >= 11 is 0. The Labute approximate surface area is 135 Å². The van der Waals surface area contributed by atoms with Crippen LogP contribution in [0.15, 0.2) is 42.5 Å². The van der Waals surface area contributed by atoms with E-state index < -0.39 is 11.6 Å². The Kier molecular flexibility index (Phi) is 5.32. The third-order valence-electron chi connectivity index (χ3n) is 3.66. The summed E-state index contributed by atoms with van der Waals surface area (Å²) in [5.74, 6) is -2.28. The van der Waals surface area contributed by atoms with Crippen LogP contribution in [0, 0.1) is 11.6 Å². The van der Waals surface area contributed by atoms with Crippen molar-refractivity contribution in [3.8, 4) is 0 Å². The summed E-state index contributed by atoms with van der Waals surface area (Å²) < 4.78 is 26.3. The predicted molar refractivity (Wildman–Crippen MR) is 87.5 cm³/mol. The fourth-order valence-electron chi connectivity index (χ4n) is 2.26. The fraction of sp³-hybridized carbons (Fsp3) is 0.278. The molecule has 5 heteroatoms. The van der Waals surface area contributed by atoms with Gasteiger partial charge in [-0.15, -0.1) is 0 Å². The first-order valence-corrected chi connectivity index (χ1v) is 7.43. The van der Waals surface area contributed by atoms with E-state index in [1.54, 1.807) is 4.90 Å². The highest BCUT2D eigenvalue weighted by molar-refractivity contribution is 5.94. The third kappa shape index (κ3) is 4.06. The van der Waals surface area contributed by atoms with E-state index in [4.69, 9.17) is 0 Å². The van der Waals surface area contributed by atoms with Crippen LogP contribution in [0.5, 0.6) is 0 Å². The molecule has 0 N–H and O–H groups in total. The van der Waals surface area contributed by atoms with Crippen LogP contribution in [0.1, 0.15) is 22.8 Å². The van der Waals surface area contributed by atoms with Crippen LogP contribution >= 0.6 is 0 Å². The number of rotatable bonds is 5. The van der Waals surface area contributed by atoms with Crippen molar-refractivity contribution < 1.29 is 13.6 Å². The first kappa shape index (κ1) is 16.9. The molecule has 0 saturated carbocycles. The monoisotopic (exact) mass is 318 g/mol. The molecule has 0 bridgehead atoms. The molecule has 0 unspecified atom stereocenters. The molecule has 1 amide bonds. The minimum Gasteiger partial charge on any atom is -0.378 e. The van der Waals surface area contributed by atoms with E-state index >= 15 is 0 Å². The third-order valence-corrected chi connectivity index (χ3v) is 3.66. The van der Waals surface area contributed by atoms with Gasteiger partial charge in [0.1, 0.15) is 0 Å². The number of carbonyl (C=O) groups is 1. The SMILES string of the molecule is CCN(Cc1ccc(N(C)C)cc1)C(=O)c1ccc(F)c(F)c1. The predicted octanol–water partition coefficient (Wildman–Crippen LogP) is 3.69. The highest BCUT2D eigenvalue weighted by Gasteiger charge is 2.16. The number of benzene rings is 2. The van der Waals surface area contributed by atoms with Crippen molar-refractivity contribution in [2.24, 2.45) is 0 Å². The zero-order valence-electron chi connectivity index (χ0n) is 13.5. The largest absolute Gasteiger partial charge is 0.378 e. The highest BCUT2D eigenvalue weighted by Crippen LogP contribution is 2.16. The molecule has 0 saturated heterocycles. The van der Waals surface area contributed by atoms with Crippen LogP contribution in [0.3, 0.4) is 0 Å². The van der Waals surface area contributed by atoms with Crippen LogP contribution in [0.4, 0.5) is 14.5 Å². The quantitative estimate of drug-likeness (QED) is 0.839. The number of halogens is 2. The summed E-state index contributed by atoms with van der Waals surface area (Å²) in [4.78, 5) is 16.0. The Hall–Kier alpha value is -2.43. The first-order valence-electron chi connectivity index (χ1n) is 7.43. The molecule has 0 heterocycles. The van der Waals surface area contributed by atoms with Crippen molar-refractivity contribution in [2.75, 3.05) is 25.5 Å². The van der Waals surface area contributed by atoms with Gasteiger partial charge in [0.25, 0.3) is 5.91 Å². The van der Waals surface area contributed by atoms with E-state index in [1.807, 2.05) is 50.2 Å². The summed E-state index contributed by atoms with van der Waals surface area (Å²) in [5.41, 5.74) is 2.20. The standard InChI is InChI=1S/C18H20F2N2O/c1-4-22(12-13-5-8-15(9-6-13)21(2)3)18(23)14-7-10-16(19)17(20)11-14/h5-11H,4,12H2,1-3H3. The molecule has 23 heavy (non-hydrogen) atoms. The van der Waals surface area contributed by atoms with Gasteiger partial charge in [0.15, 0.2) is 11.6 Å². The van der Waals surface area contributed by atoms with Crippen molar-refractivity contribution in [1.82, 2.24) is 4.90 Å². The average Bonchev–Trinajstić information content (AvgIpc) is 2.55. The van der Waals surface area contributed by atoms with Gasteiger partial charge in [0, 0.05) is 38.4 Å². The Morgan fingerprint density at radius 1 is 1.00 bits per heavy atom. The van der Waals surface area contributed by atoms with Crippen LogP contribution < -0.4 is 4.90 Å². The second-order valence-corrected chi connectivity index (χ2v) is 5.51. The topological polar surface area (TPSA) is 23.6 Å². The molecule has 2 aromatic carbocycles. The molecule has 0 fully saturated rings. The number of hydrogen-bond donors (Lipinski definition) is 0. The molecule has 0 aliphatic rings. The van der Waals surface area contributed by atoms with Crippen LogP contribution in [0.25, 0.3) is 0 Å². The van der Waals surface area contributed by atoms with Gasteiger partial charge < -0.3 is 9.80 Å². The van der Waals surface area contributed by atoms with Gasteiger partial charge in [-0.05, 0) is 42.8 Å². The van der Waals surface area contributed by atoms with Gasteiger partial charge in [-0.3, -0.25) is 4.79 Å². The average molecular weight is 318 g/mol. The Balaban J connectivity index is 2.15. The Morgan fingerprint density at radius 2 is 1.65 bits per heavy atom. The van der Waals surface area contributed by atoms with E-state index in [9.17, 15) is 13.6 Å². The van der Waals surface area contributed by atoms with Crippen molar-refractivity contribution in [2.45, 2.75) is 13.5 Å².